The molecular formula is C17H25NO3. The van der Waals surface area contributed by atoms with Crippen LogP contribution in [0.1, 0.15) is 49.8 Å². The van der Waals surface area contributed by atoms with E-state index in [1.54, 1.807) is 0 Å². The van der Waals surface area contributed by atoms with E-state index in [-0.39, 0.29) is 5.92 Å². The molecule has 1 aromatic heterocycles. The van der Waals surface area contributed by atoms with Gasteiger partial charge >= 0.3 is 0 Å². The Hall–Kier alpha value is -0.970. The van der Waals surface area contributed by atoms with Gasteiger partial charge in [0.15, 0.2) is 0 Å². The maximum Gasteiger partial charge on any atom is 0.0990 e. The molecule has 2 atom stereocenters. The fraction of sp³-hybridized carbons (Fsp3) is 0.706. The number of aromatic nitrogens is 1. The average molecular weight is 291 g/mol. The number of fused-ring (bicyclic) bond motifs is 1. The standard InChI is InChI=1S/C17H25NO3/c1-2-21-17(8-11-20-12-9-17)16(19)14-7-3-5-13-6-4-10-18-15(13)14/h4,6,10,14,16,19H,2-3,5,7-9,11-12H2,1H3. The first-order chi connectivity index (χ1) is 10.3. The zero-order valence-corrected chi connectivity index (χ0v) is 12.8. The van der Waals surface area contributed by atoms with Gasteiger partial charge in [-0.05, 0) is 37.8 Å². The average Bonchev–Trinajstić information content (AvgIpc) is 2.55. The Morgan fingerprint density at radius 2 is 2.29 bits per heavy atom. The first-order valence-corrected chi connectivity index (χ1v) is 8.10. The van der Waals surface area contributed by atoms with Crippen LogP contribution in [0.5, 0.6) is 0 Å². The van der Waals surface area contributed by atoms with Crippen molar-refractivity contribution in [2.24, 2.45) is 0 Å². The van der Waals surface area contributed by atoms with Crippen LogP contribution in [0.2, 0.25) is 0 Å². The number of aliphatic hydroxyl groups excluding tert-OH is 1. The second-order valence-corrected chi connectivity index (χ2v) is 6.10. The van der Waals surface area contributed by atoms with Crippen molar-refractivity contribution in [3.8, 4) is 0 Å². The molecule has 0 spiro atoms. The lowest BCUT2D eigenvalue weighted by molar-refractivity contribution is -0.173. The maximum absolute atomic E-state index is 11.1. The minimum Gasteiger partial charge on any atom is -0.389 e. The molecular weight excluding hydrogens is 266 g/mol. The summed E-state index contributed by atoms with van der Waals surface area (Å²) in [5.74, 6) is 0.0830. The molecule has 0 aromatic carbocycles. The van der Waals surface area contributed by atoms with Gasteiger partial charge in [-0.15, -0.1) is 0 Å². The molecule has 1 N–H and O–H groups in total. The highest BCUT2D eigenvalue weighted by atomic mass is 16.5. The molecule has 1 fully saturated rings. The van der Waals surface area contributed by atoms with Gasteiger partial charge in [0.05, 0.1) is 11.7 Å². The van der Waals surface area contributed by atoms with Crippen molar-refractivity contribution in [3.05, 3.63) is 29.6 Å². The van der Waals surface area contributed by atoms with Crippen molar-refractivity contribution in [2.45, 2.75) is 56.7 Å². The Morgan fingerprint density at radius 3 is 3.05 bits per heavy atom. The normalized spacial score (nSPS) is 26.1. The highest BCUT2D eigenvalue weighted by molar-refractivity contribution is 5.28. The molecule has 1 saturated heterocycles. The minimum atomic E-state index is -0.504. The zero-order valence-electron chi connectivity index (χ0n) is 12.8. The van der Waals surface area contributed by atoms with Crippen LogP contribution in [0.15, 0.2) is 18.3 Å². The number of nitrogens with zero attached hydrogens (tertiary/aromatic N) is 1. The summed E-state index contributed by atoms with van der Waals surface area (Å²) in [4.78, 5) is 4.56. The Labute approximate surface area is 126 Å². The third-order valence-corrected chi connectivity index (χ3v) is 4.93. The van der Waals surface area contributed by atoms with Crippen LogP contribution >= 0.6 is 0 Å². The molecule has 21 heavy (non-hydrogen) atoms. The molecule has 1 aliphatic carbocycles. The number of rotatable bonds is 4. The van der Waals surface area contributed by atoms with Crippen molar-refractivity contribution in [2.75, 3.05) is 19.8 Å². The smallest absolute Gasteiger partial charge is 0.0990 e. The summed E-state index contributed by atoms with van der Waals surface area (Å²) >= 11 is 0. The third-order valence-electron chi connectivity index (χ3n) is 4.93. The van der Waals surface area contributed by atoms with E-state index in [2.05, 4.69) is 11.1 Å². The Kier molecular flexibility index (Phi) is 4.57. The zero-order chi connectivity index (χ0) is 14.7. The summed E-state index contributed by atoms with van der Waals surface area (Å²) in [6.07, 6.45) is 6.02. The topological polar surface area (TPSA) is 51.6 Å². The van der Waals surface area contributed by atoms with E-state index >= 15 is 0 Å². The Bertz CT molecular complexity index is 465. The van der Waals surface area contributed by atoms with Crippen LogP contribution in [-0.2, 0) is 15.9 Å². The molecule has 0 amide bonds. The number of ether oxygens (including phenoxy) is 2. The number of hydrogen-bond acceptors (Lipinski definition) is 4. The molecule has 1 aromatic rings. The van der Waals surface area contributed by atoms with Gasteiger partial charge in [-0.2, -0.15) is 0 Å². The fourth-order valence-electron chi connectivity index (χ4n) is 3.85. The molecule has 4 nitrogen and oxygen atoms in total. The SMILES string of the molecule is CCOC1(C(O)C2CCCc3cccnc32)CCOCC1. The van der Waals surface area contributed by atoms with Crippen LogP contribution in [-0.4, -0.2) is 41.6 Å². The monoisotopic (exact) mass is 291 g/mol. The highest BCUT2D eigenvalue weighted by Gasteiger charge is 2.45. The van der Waals surface area contributed by atoms with Crippen molar-refractivity contribution in [1.82, 2.24) is 4.98 Å². The summed E-state index contributed by atoms with van der Waals surface area (Å²) in [5, 5.41) is 11.1. The molecule has 0 bridgehead atoms. The first kappa shape index (κ1) is 14.9. The van der Waals surface area contributed by atoms with E-state index in [4.69, 9.17) is 9.47 Å². The molecule has 3 rings (SSSR count). The predicted molar refractivity (Wildman–Crippen MR) is 80.3 cm³/mol. The third kappa shape index (κ3) is 2.85. The van der Waals surface area contributed by atoms with Gasteiger partial charge in [0.25, 0.3) is 0 Å². The summed E-state index contributed by atoms with van der Waals surface area (Å²) in [7, 11) is 0. The van der Waals surface area contributed by atoms with Gasteiger partial charge in [0.1, 0.15) is 0 Å². The van der Waals surface area contributed by atoms with Crippen LogP contribution < -0.4 is 0 Å². The molecule has 2 unspecified atom stereocenters. The predicted octanol–water partition coefficient (Wildman–Crippen LogP) is 2.45. The van der Waals surface area contributed by atoms with Crippen molar-refractivity contribution >= 4 is 0 Å². The minimum absolute atomic E-state index is 0.0830. The van der Waals surface area contributed by atoms with Gasteiger partial charge in [0, 0.05) is 50.5 Å². The van der Waals surface area contributed by atoms with Crippen molar-refractivity contribution in [1.29, 1.82) is 0 Å². The molecule has 2 heterocycles. The fourth-order valence-corrected chi connectivity index (χ4v) is 3.85. The molecule has 2 aliphatic rings. The summed E-state index contributed by atoms with van der Waals surface area (Å²) in [5.41, 5.74) is 1.89. The lowest BCUT2D eigenvalue weighted by Gasteiger charge is -2.44. The Balaban J connectivity index is 1.88. The van der Waals surface area contributed by atoms with Gasteiger partial charge in [-0.3, -0.25) is 4.98 Å². The molecule has 116 valence electrons. The number of aryl methyl sites for hydroxylation is 1. The number of pyridine rings is 1. The van der Waals surface area contributed by atoms with E-state index in [0.29, 0.717) is 19.8 Å². The first-order valence-electron chi connectivity index (χ1n) is 8.10. The van der Waals surface area contributed by atoms with Crippen LogP contribution in [0.4, 0.5) is 0 Å². The van der Waals surface area contributed by atoms with E-state index in [1.165, 1.54) is 5.56 Å². The Morgan fingerprint density at radius 1 is 1.48 bits per heavy atom. The molecule has 0 saturated carbocycles. The molecule has 1 aliphatic heterocycles. The van der Waals surface area contributed by atoms with Gasteiger partial charge < -0.3 is 14.6 Å². The van der Waals surface area contributed by atoms with E-state index in [9.17, 15) is 5.11 Å². The van der Waals surface area contributed by atoms with Crippen LogP contribution in [0.25, 0.3) is 0 Å². The summed E-state index contributed by atoms with van der Waals surface area (Å²) in [6.45, 7) is 3.95. The van der Waals surface area contributed by atoms with Crippen LogP contribution in [0.3, 0.4) is 0 Å². The van der Waals surface area contributed by atoms with E-state index in [1.807, 2.05) is 19.2 Å². The number of aliphatic hydroxyl groups is 1. The second kappa shape index (κ2) is 6.42. The maximum atomic E-state index is 11.1. The second-order valence-electron chi connectivity index (χ2n) is 6.10. The quantitative estimate of drug-likeness (QED) is 0.926. The molecule has 4 heteroatoms. The summed E-state index contributed by atoms with van der Waals surface area (Å²) in [6, 6.07) is 4.12. The van der Waals surface area contributed by atoms with E-state index in [0.717, 1.165) is 37.8 Å². The van der Waals surface area contributed by atoms with Crippen LogP contribution in [0, 0.1) is 0 Å². The van der Waals surface area contributed by atoms with Gasteiger partial charge in [-0.1, -0.05) is 6.07 Å². The lowest BCUT2D eigenvalue weighted by atomic mass is 9.74. The number of hydrogen-bond donors (Lipinski definition) is 1. The molecule has 0 radical (unpaired) electrons. The lowest BCUT2D eigenvalue weighted by Crippen LogP contribution is -2.52. The van der Waals surface area contributed by atoms with Crippen molar-refractivity contribution in [3.63, 3.8) is 0 Å². The van der Waals surface area contributed by atoms with Gasteiger partial charge in [-0.25, -0.2) is 0 Å². The van der Waals surface area contributed by atoms with Crippen molar-refractivity contribution < 1.29 is 14.6 Å². The largest absolute Gasteiger partial charge is 0.389 e. The highest BCUT2D eigenvalue weighted by Crippen LogP contribution is 2.41. The van der Waals surface area contributed by atoms with Gasteiger partial charge in [0.2, 0.25) is 0 Å². The summed E-state index contributed by atoms with van der Waals surface area (Å²) < 4.78 is 11.5. The van der Waals surface area contributed by atoms with E-state index < -0.39 is 11.7 Å².